The number of urea groups is 1. The molecule has 2 saturated carbocycles. The highest BCUT2D eigenvalue weighted by molar-refractivity contribution is 6.07. The second kappa shape index (κ2) is 8.60. The van der Waals surface area contributed by atoms with Crippen molar-refractivity contribution in [3.8, 4) is 0 Å². The van der Waals surface area contributed by atoms with Gasteiger partial charge in [-0.1, -0.05) is 67.1 Å². The number of hydrogen-bond acceptors (Lipinski definition) is 3. The molecule has 0 aromatic heterocycles. The van der Waals surface area contributed by atoms with E-state index in [1.165, 1.54) is 29.7 Å². The topological polar surface area (TPSA) is 43.9 Å². The van der Waals surface area contributed by atoms with Crippen molar-refractivity contribution in [1.29, 1.82) is 0 Å². The molecular weight excluding hydrogens is 410 g/mol. The molecule has 5 heteroatoms. The molecule has 1 heterocycles. The average Bonchev–Trinajstić information content (AvgIpc) is 2.99. The number of hydrogen-bond donors (Lipinski definition) is 0. The summed E-state index contributed by atoms with van der Waals surface area (Å²) < 4.78 is 0. The van der Waals surface area contributed by atoms with Crippen molar-refractivity contribution in [2.24, 2.45) is 5.92 Å². The molecule has 0 unspecified atom stereocenters. The number of benzene rings is 2. The number of carbonyl (C=O) groups excluding carboxylic acids is 2. The lowest BCUT2D eigenvalue weighted by molar-refractivity contribution is -0.137. The molecule has 0 N–H and O–H groups in total. The summed E-state index contributed by atoms with van der Waals surface area (Å²) in [5.41, 5.74) is 1.50. The van der Waals surface area contributed by atoms with E-state index in [0.717, 1.165) is 24.9 Å². The molecule has 33 heavy (non-hydrogen) atoms. The van der Waals surface area contributed by atoms with E-state index in [1.54, 1.807) is 0 Å². The number of imide groups is 1. The average molecular weight is 446 g/mol. The summed E-state index contributed by atoms with van der Waals surface area (Å²) in [6, 6.07) is 20.4. The molecule has 2 aromatic carbocycles. The molecule has 1 spiro atoms. The first-order valence-electron chi connectivity index (χ1n) is 12.4. The Hall–Kier alpha value is -2.66. The third kappa shape index (κ3) is 3.67. The SMILES string of the molecule is CN(C)C1(c2ccccc2)CCC2(CC1)C(=O)N(Cc1ccccc1)C(=O)N2CC1CCC1. The van der Waals surface area contributed by atoms with Gasteiger partial charge in [-0.3, -0.25) is 14.6 Å². The quantitative estimate of drug-likeness (QED) is 0.587. The van der Waals surface area contributed by atoms with Crippen molar-refractivity contribution in [1.82, 2.24) is 14.7 Å². The predicted molar refractivity (Wildman–Crippen MR) is 129 cm³/mol. The Morgan fingerprint density at radius 3 is 2.03 bits per heavy atom. The van der Waals surface area contributed by atoms with Gasteiger partial charge in [0.25, 0.3) is 5.91 Å². The maximum Gasteiger partial charge on any atom is 0.327 e. The van der Waals surface area contributed by atoms with Crippen molar-refractivity contribution < 1.29 is 9.59 Å². The minimum absolute atomic E-state index is 0.0103. The van der Waals surface area contributed by atoms with E-state index in [2.05, 4.69) is 49.3 Å². The molecular formula is C28H35N3O2. The third-order valence-corrected chi connectivity index (χ3v) is 8.54. The summed E-state index contributed by atoms with van der Waals surface area (Å²) in [7, 11) is 4.28. The number of carbonyl (C=O) groups is 2. The molecule has 0 atom stereocenters. The van der Waals surface area contributed by atoms with Gasteiger partial charge in [-0.2, -0.15) is 0 Å². The molecule has 1 aliphatic heterocycles. The van der Waals surface area contributed by atoms with E-state index in [9.17, 15) is 9.59 Å². The number of rotatable bonds is 6. The normalized spacial score (nSPS) is 28.1. The van der Waals surface area contributed by atoms with Crippen LogP contribution in [0.3, 0.4) is 0 Å². The largest absolute Gasteiger partial charge is 0.327 e. The van der Waals surface area contributed by atoms with Gasteiger partial charge in [-0.25, -0.2) is 4.79 Å². The molecule has 0 bridgehead atoms. The van der Waals surface area contributed by atoms with Crippen LogP contribution in [0.1, 0.15) is 56.1 Å². The maximum atomic E-state index is 14.0. The van der Waals surface area contributed by atoms with Gasteiger partial charge in [0.1, 0.15) is 5.54 Å². The Bertz CT molecular complexity index is 992. The van der Waals surface area contributed by atoms with Crippen molar-refractivity contribution in [2.75, 3.05) is 20.6 Å². The molecule has 5 rings (SSSR count). The van der Waals surface area contributed by atoms with Crippen LogP contribution >= 0.6 is 0 Å². The standard InChI is InChI=1S/C28H35N3O2/c1-29(2)27(24-14-7-4-8-15-24)16-18-28(19-17-27)25(32)30(20-22-10-5-3-6-11-22)26(33)31(28)21-23-12-9-13-23/h3-8,10-11,14-15,23H,9,12-13,16-21H2,1-2H3. The summed E-state index contributed by atoms with van der Waals surface area (Å²) in [4.78, 5) is 33.4. The zero-order chi connectivity index (χ0) is 23.1. The van der Waals surface area contributed by atoms with E-state index >= 15 is 0 Å². The van der Waals surface area contributed by atoms with E-state index in [-0.39, 0.29) is 17.5 Å². The third-order valence-electron chi connectivity index (χ3n) is 8.54. The van der Waals surface area contributed by atoms with Gasteiger partial charge in [0.15, 0.2) is 0 Å². The van der Waals surface area contributed by atoms with Crippen LogP contribution < -0.4 is 0 Å². The smallest absolute Gasteiger partial charge is 0.309 e. The fraction of sp³-hybridized carbons (Fsp3) is 0.500. The predicted octanol–water partition coefficient (Wildman–Crippen LogP) is 5.02. The second-order valence-electron chi connectivity index (χ2n) is 10.4. The van der Waals surface area contributed by atoms with Crippen LogP contribution in [-0.4, -0.2) is 52.8 Å². The van der Waals surface area contributed by atoms with Crippen LogP contribution in [-0.2, 0) is 16.9 Å². The molecule has 3 fully saturated rings. The monoisotopic (exact) mass is 445 g/mol. The van der Waals surface area contributed by atoms with Crippen molar-refractivity contribution >= 4 is 11.9 Å². The van der Waals surface area contributed by atoms with Gasteiger partial charge in [-0.05, 0) is 69.7 Å². The minimum Gasteiger partial charge on any atom is -0.309 e. The van der Waals surface area contributed by atoms with Gasteiger partial charge in [0.2, 0.25) is 0 Å². The summed E-state index contributed by atoms with van der Waals surface area (Å²) in [5.74, 6) is 0.543. The van der Waals surface area contributed by atoms with Crippen LogP contribution in [0.4, 0.5) is 4.79 Å². The lowest BCUT2D eigenvalue weighted by Gasteiger charge is -2.50. The minimum atomic E-state index is -0.699. The van der Waals surface area contributed by atoms with Crippen molar-refractivity contribution in [3.05, 3.63) is 71.8 Å². The first kappa shape index (κ1) is 22.1. The van der Waals surface area contributed by atoms with Crippen LogP contribution in [0.15, 0.2) is 60.7 Å². The first-order valence-corrected chi connectivity index (χ1v) is 12.4. The maximum absolute atomic E-state index is 14.0. The van der Waals surface area contributed by atoms with Gasteiger partial charge >= 0.3 is 6.03 Å². The number of nitrogens with zero attached hydrogens (tertiary/aromatic N) is 3. The number of amides is 3. The van der Waals surface area contributed by atoms with Gasteiger partial charge < -0.3 is 4.90 Å². The molecule has 1 saturated heterocycles. The van der Waals surface area contributed by atoms with Crippen LogP contribution in [0.25, 0.3) is 0 Å². The Kier molecular flexibility index (Phi) is 5.77. The van der Waals surface area contributed by atoms with E-state index in [1.807, 2.05) is 35.2 Å². The Balaban J connectivity index is 1.45. The highest BCUT2D eigenvalue weighted by Gasteiger charge is 2.60. The van der Waals surface area contributed by atoms with Gasteiger partial charge in [-0.15, -0.1) is 0 Å². The van der Waals surface area contributed by atoms with E-state index < -0.39 is 5.54 Å². The fourth-order valence-electron chi connectivity index (χ4n) is 6.18. The summed E-state index contributed by atoms with van der Waals surface area (Å²) >= 11 is 0. The molecule has 0 radical (unpaired) electrons. The van der Waals surface area contributed by atoms with Gasteiger partial charge in [0, 0.05) is 12.1 Å². The Morgan fingerprint density at radius 2 is 1.48 bits per heavy atom. The molecule has 3 aliphatic rings. The molecule has 174 valence electrons. The fourth-order valence-corrected chi connectivity index (χ4v) is 6.18. The summed E-state index contributed by atoms with van der Waals surface area (Å²) in [6.45, 7) is 1.08. The van der Waals surface area contributed by atoms with Crippen LogP contribution in [0.2, 0.25) is 0 Å². The van der Waals surface area contributed by atoms with Crippen LogP contribution in [0.5, 0.6) is 0 Å². The lowest BCUT2D eigenvalue weighted by atomic mass is 9.67. The van der Waals surface area contributed by atoms with E-state index in [0.29, 0.717) is 25.3 Å². The Morgan fingerprint density at radius 1 is 0.879 bits per heavy atom. The molecule has 3 amide bonds. The van der Waals surface area contributed by atoms with Crippen molar-refractivity contribution in [3.63, 3.8) is 0 Å². The molecule has 5 nitrogen and oxygen atoms in total. The zero-order valence-electron chi connectivity index (χ0n) is 19.9. The van der Waals surface area contributed by atoms with Gasteiger partial charge in [0.05, 0.1) is 6.54 Å². The highest BCUT2D eigenvalue weighted by atomic mass is 16.2. The summed E-state index contributed by atoms with van der Waals surface area (Å²) in [5, 5.41) is 0. The molecule has 2 aromatic rings. The zero-order valence-corrected chi connectivity index (χ0v) is 19.9. The van der Waals surface area contributed by atoms with Crippen molar-refractivity contribution in [2.45, 2.75) is 62.6 Å². The highest BCUT2D eigenvalue weighted by Crippen LogP contribution is 2.50. The summed E-state index contributed by atoms with van der Waals surface area (Å²) in [6.07, 6.45) is 6.72. The second-order valence-corrected chi connectivity index (χ2v) is 10.4. The van der Waals surface area contributed by atoms with Crippen LogP contribution in [0, 0.1) is 5.92 Å². The Labute approximate surface area is 197 Å². The first-order chi connectivity index (χ1) is 16.0. The van der Waals surface area contributed by atoms with E-state index in [4.69, 9.17) is 0 Å². The lowest BCUT2D eigenvalue weighted by Crippen LogP contribution is -2.58. The molecule has 2 aliphatic carbocycles.